The zero-order chi connectivity index (χ0) is 23.9. The molecular formula is C22H18ClN7O3S. The number of sulfonamides is 1. The van der Waals surface area contributed by atoms with E-state index in [-0.39, 0.29) is 29.0 Å². The highest BCUT2D eigenvalue weighted by Crippen LogP contribution is 2.25. The molecule has 1 N–H and O–H groups in total. The molecule has 5 rings (SSSR count). The quantitative estimate of drug-likeness (QED) is 0.459. The minimum absolute atomic E-state index is 0.0149. The van der Waals surface area contributed by atoms with E-state index in [0.29, 0.717) is 29.9 Å². The molecule has 2 aromatic carbocycles. The Hall–Kier alpha value is -3.72. The van der Waals surface area contributed by atoms with E-state index in [0.717, 1.165) is 10.2 Å². The summed E-state index contributed by atoms with van der Waals surface area (Å²) in [5, 5.41) is 13.1. The first-order valence-electron chi connectivity index (χ1n) is 10.4. The van der Waals surface area contributed by atoms with Crippen molar-refractivity contribution in [2.75, 3.05) is 31.1 Å². The molecule has 1 aliphatic heterocycles. The van der Waals surface area contributed by atoms with Crippen LogP contribution in [0, 0.1) is 11.3 Å². The van der Waals surface area contributed by atoms with Crippen LogP contribution >= 0.6 is 11.6 Å². The van der Waals surface area contributed by atoms with Crippen molar-refractivity contribution < 1.29 is 8.42 Å². The summed E-state index contributed by atoms with van der Waals surface area (Å²) in [6.07, 6.45) is 1.49. The van der Waals surface area contributed by atoms with Gasteiger partial charge in [0.2, 0.25) is 16.0 Å². The number of aromatic nitrogens is 4. The van der Waals surface area contributed by atoms with Gasteiger partial charge in [-0.15, -0.1) is 0 Å². The highest BCUT2D eigenvalue weighted by atomic mass is 35.5. The fraction of sp³-hybridized carbons (Fsp3) is 0.182. The molecular weight excluding hydrogens is 478 g/mol. The molecule has 0 aliphatic carbocycles. The summed E-state index contributed by atoms with van der Waals surface area (Å²) in [6.45, 7) is 1.10. The highest BCUT2D eigenvalue weighted by Gasteiger charge is 2.30. The molecule has 0 bridgehead atoms. The van der Waals surface area contributed by atoms with Gasteiger partial charge in [-0.05, 0) is 36.4 Å². The van der Waals surface area contributed by atoms with Gasteiger partial charge in [0, 0.05) is 26.2 Å². The molecule has 0 atom stereocenters. The predicted molar refractivity (Wildman–Crippen MR) is 127 cm³/mol. The molecule has 0 unspecified atom stereocenters. The zero-order valence-corrected chi connectivity index (χ0v) is 19.3. The lowest BCUT2D eigenvalue weighted by Gasteiger charge is -2.35. The molecule has 2 aromatic heterocycles. The molecule has 0 spiro atoms. The average Bonchev–Trinajstić information content (AvgIpc) is 3.30. The second kappa shape index (κ2) is 8.57. The number of aromatic amines is 1. The van der Waals surface area contributed by atoms with E-state index in [1.165, 1.54) is 34.8 Å². The molecule has 1 aliphatic rings. The van der Waals surface area contributed by atoms with Crippen molar-refractivity contribution in [3.05, 3.63) is 75.7 Å². The van der Waals surface area contributed by atoms with Crippen LogP contribution in [0.2, 0.25) is 5.02 Å². The molecule has 10 nitrogen and oxygen atoms in total. The van der Waals surface area contributed by atoms with E-state index < -0.39 is 15.6 Å². The average molecular weight is 496 g/mol. The van der Waals surface area contributed by atoms with Gasteiger partial charge in [0.15, 0.2) is 0 Å². The van der Waals surface area contributed by atoms with Gasteiger partial charge in [0.1, 0.15) is 5.02 Å². The molecule has 34 heavy (non-hydrogen) atoms. The predicted octanol–water partition coefficient (Wildman–Crippen LogP) is 2.14. The van der Waals surface area contributed by atoms with E-state index in [1.54, 1.807) is 0 Å². The topological polar surface area (TPSA) is 128 Å². The molecule has 1 saturated heterocycles. The first-order chi connectivity index (χ1) is 16.4. The number of benzene rings is 2. The van der Waals surface area contributed by atoms with Gasteiger partial charge in [-0.1, -0.05) is 23.7 Å². The van der Waals surface area contributed by atoms with Crippen LogP contribution in [0.25, 0.3) is 17.0 Å². The Labute approximate surface area is 199 Å². The minimum Gasteiger partial charge on any atom is -0.366 e. The highest BCUT2D eigenvalue weighted by molar-refractivity contribution is 7.89. The third kappa shape index (κ3) is 3.81. The maximum atomic E-state index is 12.9. The van der Waals surface area contributed by atoms with Crippen molar-refractivity contribution in [1.82, 2.24) is 24.1 Å². The van der Waals surface area contributed by atoms with Gasteiger partial charge in [-0.3, -0.25) is 4.79 Å². The molecule has 12 heteroatoms. The molecule has 1 fully saturated rings. The number of halogens is 1. The number of fused-ring (bicyclic) bond motifs is 1. The SMILES string of the molecule is N#Cc1ccc(S(=O)(=O)N2CCN(c3cnn(-c4nc5ccccc5[nH]4)c(=O)c3Cl)CC2)cc1. The third-order valence-electron chi connectivity index (χ3n) is 5.68. The van der Waals surface area contributed by atoms with E-state index in [4.69, 9.17) is 16.9 Å². The Balaban J connectivity index is 1.35. The maximum absolute atomic E-state index is 12.9. The van der Waals surface area contributed by atoms with Crippen LogP contribution in [0.1, 0.15) is 5.56 Å². The van der Waals surface area contributed by atoms with Crippen LogP contribution in [0.3, 0.4) is 0 Å². The van der Waals surface area contributed by atoms with E-state index in [1.807, 2.05) is 35.2 Å². The van der Waals surface area contributed by atoms with E-state index in [9.17, 15) is 13.2 Å². The third-order valence-corrected chi connectivity index (χ3v) is 7.95. The smallest absolute Gasteiger partial charge is 0.295 e. The number of nitrogens with zero attached hydrogens (tertiary/aromatic N) is 6. The van der Waals surface area contributed by atoms with Gasteiger partial charge in [-0.25, -0.2) is 13.4 Å². The normalized spacial score (nSPS) is 14.9. The van der Waals surface area contributed by atoms with Crippen LogP contribution in [-0.4, -0.2) is 58.7 Å². The Morgan fingerprint density at radius 3 is 2.41 bits per heavy atom. The van der Waals surface area contributed by atoms with Crippen molar-refractivity contribution >= 4 is 38.3 Å². The molecule has 172 valence electrons. The van der Waals surface area contributed by atoms with Crippen LogP contribution in [0.4, 0.5) is 5.69 Å². The standard InChI is InChI=1S/C22H18ClN7O3S/c23-20-19(14-25-30(21(20)31)22-26-17-3-1-2-4-18(17)27-22)28-9-11-29(12-10-28)34(32,33)16-7-5-15(13-24)6-8-16/h1-8,14H,9-12H2,(H,26,27). The summed E-state index contributed by atoms with van der Waals surface area (Å²) in [4.78, 5) is 22.3. The Morgan fingerprint density at radius 1 is 1.03 bits per heavy atom. The lowest BCUT2D eigenvalue weighted by atomic mass is 10.2. The number of nitrogens with one attached hydrogen (secondary N) is 1. The van der Waals surface area contributed by atoms with Crippen molar-refractivity contribution in [3.8, 4) is 12.0 Å². The largest absolute Gasteiger partial charge is 0.366 e. The van der Waals surface area contributed by atoms with Crippen molar-refractivity contribution in [2.45, 2.75) is 4.90 Å². The fourth-order valence-corrected chi connectivity index (χ4v) is 5.53. The second-order valence-corrected chi connectivity index (χ2v) is 9.98. The van der Waals surface area contributed by atoms with Crippen LogP contribution in [-0.2, 0) is 10.0 Å². The zero-order valence-electron chi connectivity index (χ0n) is 17.7. The van der Waals surface area contributed by atoms with Crippen LogP contribution in [0.5, 0.6) is 0 Å². The van der Waals surface area contributed by atoms with Crippen molar-refractivity contribution in [1.29, 1.82) is 5.26 Å². The van der Waals surface area contributed by atoms with Gasteiger partial charge < -0.3 is 9.88 Å². The summed E-state index contributed by atoms with van der Waals surface area (Å²) in [7, 11) is -3.70. The number of anilines is 1. The minimum atomic E-state index is -3.70. The van der Waals surface area contributed by atoms with Gasteiger partial charge in [0.05, 0.1) is 39.4 Å². The summed E-state index contributed by atoms with van der Waals surface area (Å²) in [6, 6.07) is 15.2. The van der Waals surface area contributed by atoms with Gasteiger partial charge in [-0.2, -0.15) is 19.3 Å². The van der Waals surface area contributed by atoms with Crippen LogP contribution < -0.4 is 10.5 Å². The fourth-order valence-electron chi connectivity index (χ4n) is 3.85. The first kappa shape index (κ1) is 22.1. The number of nitriles is 1. The van der Waals surface area contributed by atoms with Gasteiger partial charge >= 0.3 is 0 Å². The number of imidazole rings is 1. The summed E-state index contributed by atoms with van der Waals surface area (Å²) >= 11 is 6.42. The molecule has 0 radical (unpaired) electrons. The Morgan fingerprint density at radius 2 is 1.74 bits per heavy atom. The number of hydrogen-bond donors (Lipinski definition) is 1. The molecule has 0 saturated carbocycles. The molecule has 4 aromatic rings. The summed E-state index contributed by atoms with van der Waals surface area (Å²) < 4.78 is 28.4. The second-order valence-electron chi connectivity index (χ2n) is 7.67. The van der Waals surface area contributed by atoms with Crippen LogP contribution in [0.15, 0.2) is 64.4 Å². The maximum Gasteiger partial charge on any atom is 0.295 e. The van der Waals surface area contributed by atoms with Crippen molar-refractivity contribution in [2.24, 2.45) is 0 Å². The van der Waals surface area contributed by atoms with E-state index >= 15 is 0 Å². The Kier molecular flexibility index (Phi) is 5.57. The van der Waals surface area contributed by atoms with Crippen molar-refractivity contribution in [3.63, 3.8) is 0 Å². The summed E-state index contributed by atoms with van der Waals surface area (Å²) in [5.41, 5.74) is 1.78. The number of H-pyrrole nitrogens is 1. The monoisotopic (exact) mass is 495 g/mol. The lowest BCUT2D eigenvalue weighted by Crippen LogP contribution is -2.49. The van der Waals surface area contributed by atoms with Gasteiger partial charge in [0.25, 0.3) is 5.56 Å². The summed E-state index contributed by atoms with van der Waals surface area (Å²) in [5.74, 6) is 0.262. The number of para-hydroxylation sites is 2. The number of rotatable bonds is 4. The number of piperazine rings is 1. The first-order valence-corrected chi connectivity index (χ1v) is 12.2. The van der Waals surface area contributed by atoms with E-state index in [2.05, 4.69) is 15.1 Å². The molecule has 3 heterocycles. The lowest BCUT2D eigenvalue weighted by molar-refractivity contribution is 0.384. The molecule has 0 amide bonds. The Bertz CT molecular complexity index is 1550. The number of hydrogen-bond acceptors (Lipinski definition) is 7.